The van der Waals surface area contributed by atoms with E-state index in [0.29, 0.717) is 23.4 Å². The summed E-state index contributed by atoms with van der Waals surface area (Å²) in [6.45, 7) is 8.60. The largest absolute Gasteiger partial charge is 0.497 e. The standard InChI is InChI=1S/C25H30N6O2/c1-15-13-17(3)31(28-15)16(2)11-12-26-25(32)21-14-22(19-7-9-20(33-6)10-8-19)27-24-23(21)18(4)29-30(24)5/h7-10,13-14,16H,11-12H2,1-6H3,(H,26,32)/t16-/m0/s1. The van der Waals surface area contributed by atoms with Crippen molar-refractivity contribution in [2.75, 3.05) is 13.7 Å². The summed E-state index contributed by atoms with van der Waals surface area (Å²) in [6, 6.07) is 11.7. The highest BCUT2D eigenvalue weighted by Gasteiger charge is 2.19. The normalized spacial score (nSPS) is 12.2. The number of nitrogens with zero attached hydrogens (tertiary/aromatic N) is 5. The van der Waals surface area contributed by atoms with Gasteiger partial charge in [-0.05, 0) is 70.5 Å². The molecule has 0 spiro atoms. The molecule has 8 nitrogen and oxygen atoms in total. The van der Waals surface area contributed by atoms with Gasteiger partial charge in [0.05, 0.1) is 41.2 Å². The van der Waals surface area contributed by atoms with Crippen LogP contribution in [0.3, 0.4) is 0 Å². The first kappa shape index (κ1) is 22.5. The second kappa shape index (κ2) is 9.05. The van der Waals surface area contributed by atoms with Crippen molar-refractivity contribution < 1.29 is 9.53 Å². The van der Waals surface area contributed by atoms with Crippen LogP contribution in [0.5, 0.6) is 5.75 Å². The zero-order chi connectivity index (χ0) is 23.7. The lowest BCUT2D eigenvalue weighted by Gasteiger charge is -2.15. The molecule has 0 aliphatic rings. The smallest absolute Gasteiger partial charge is 0.252 e. The van der Waals surface area contributed by atoms with Gasteiger partial charge in [0.15, 0.2) is 5.65 Å². The zero-order valence-electron chi connectivity index (χ0n) is 20.0. The molecule has 0 fully saturated rings. The third-order valence-corrected chi connectivity index (χ3v) is 5.91. The van der Waals surface area contributed by atoms with Crippen molar-refractivity contribution in [3.63, 3.8) is 0 Å². The molecule has 0 aliphatic carbocycles. The molecule has 1 atom stereocenters. The maximum Gasteiger partial charge on any atom is 0.252 e. The van der Waals surface area contributed by atoms with E-state index in [1.165, 1.54) is 0 Å². The number of hydrogen-bond donors (Lipinski definition) is 1. The summed E-state index contributed by atoms with van der Waals surface area (Å²) < 4.78 is 8.99. The molecule has 33 heavy (non-hydrogen) atoms. The minimum atomic E-state index is -0.131. The number of rotatable bonds is 7. The van der Waals surface area contributed by atoms with E-state index in [1.54, 1.807) is 11.8 Å². The molecule has 4 aromatic rings. The highest BCUT2D eigenvalue weighted by Crippen LogP contribution is 2.28. The fraction of sp³-hybridized carbons (Fsp3) is 0.360. The average molecular weight is 447 g/mol. The Bertz CT molecular complexity index is 1300. The van der Waals surface area contributed by atoms with Crippen LogP contribution in [-0.2, 0) is 7.05 Å². The molecule has 1 N–H and O–H groups in total. The summed E-state index contributed by atoms with van der Waals surface area (Å²) in [5.41, 5.74) is 5.79. The van der Waals surface area contributed by atoms with E-state index in [-0.39, 0.29) is 11.9 Å². The number of carbonyl (C=O) groups excluding carboxylic acids is 1. The first-order valence-electron chi connectivity index (χ1n) is 11.1. The van der Waals surface area contributed by atoms with Gasteiger partial charge in [0, 0.05) is 24.8 Å². The van der Waals surface area contributed by atoms with Gasteiger partial charge in [-0.3, -0.25) is 14.2 Å². The van der Waals surface area contributed by atoms with E-state index in [1.807, 2.05) is 55.9 Å². The van der Waals surface area contributed by atoms with E-state index >= 15 is 0 Å². The summed E-state index contributed by atoms with van der Waals surface area (Å²) in [4.78, 5) is 18.1. The SMILES string of the molecule is COc1ccc(-c2cc(C(=O)NCC[C@H](C)n3nc(C)cc3C)c3c(C)nn(C)c3n2)cc1. The van der Waals surface area contributed by atoms with Crippen molar-refractivity contribution in [2.24, 2.45) is 7.05 Å². The summed E-state index contributed by atoms with van der Waals surface area (Å²) in [5, 5.41) is 12.9. The molecule has 0 saturated carbocycles. The number of nitrogens with one attached hydrogen (secondary N) is 1. The highest BCUT2D eigenvalue weighted by molar-refractivity contribution is 6.07. The molecule has 1 amide bonds. The third-order valence-electron chi connectivity index (χ3n) is 5.91. The molecule has 1 aromatic carbocycles. The Morgan fingerprint density at radius 3 is 2.48 bits per heavy atom. The number of hydrogen-bond acceptors (Lipinski definition) is 5. The van der Waals surface area contributed by atoms with Gasteiger partial charge in [-0.1, -0.05) is 0 Å². The van der Waals surface area contributed by atoms with Crippen LogP contribution in [0.4, 0.5) is 0 Å². The van der Waals surface area contributed by atoms with E-state index in [4.69, 9.17) is 9.72 Å². The average Bonchev–Trinajstić information content (AvgIpc) is 3.30. The number of amides is 1. The molecule has 0 unspecified atom stereocenters. The zero-order valence-corrected chi connectivity index (χ0v) is 20.0. The van der Waals surface area contributed by atoms with Crippen molar-refractivity contribution in [1.29, 1.82) is 0 Å². The van der Waals surface area contributed by atoms with E-state index in [2.05, 4.69) is 35.4 Å². The van der Waals surface area contributed by atoms with Crippen molar-refractivity contribution in [2.45, 2.75) is 40.2 Å². The Morgan fingerprint density at radius 1 is 1.12 bits per heavy atom. The molecular formula is C25H30N6O2. The molecule has 0 radical (unpaired) electrons. The Hall–Kier alpha value is -3.68. The molecule has 0 saturated heterocycles. The lowest BCUT2D eigenvalue weighted by Crippen LogP contribution is -2.27. The first-order chi connectivity index (χ1) is 15.8. The maximum absolute atomic E-state index is 13.3. The third kappa shape index (κ3) is 4.46. The van der Waals surface area contributed by atoms with Crippen LogP contribution >= 0.6 is 0 Å². The van der Waals surface area contributed by atoms with Crippen molar-refractivity contribution in [1.82, 2.24) is 29.9 Å². The number of aromatic nitrogens is 5. The molecule has 3 aromatic heterocycles. The summed E-state index contributed by atoms with van der Waals surface area (Å²) >= 11 is 0. The number of ether oxygens (including phenoxy) is 1. The van der Waals surface area contributed by atoms with Gasteiger partial charge < -0.3 is 10.1 Å². The lowest BCUT2D eigenvalue weighted by molar-refractivity contribution is 0.0953. The quantitative estimate of drug-likeness (QED) is 0.461. The maximum atomic E-state index is 13.3. The van der Waals surface area contributed by atoms with Crippen LogP contribution in [0.2, 0.25) is 0 Å². The van der Waals surface area contributed by atoms with Crippen LogP contribution in [0.1, 0.15) is 46.8 Å². The Kier molecular flexibility index (Phi) is 6.18. The van der Waals surface area contributed by atoms with Crippen LogP contribution < -0.4 is 10.1 Å². The van der Waals surface area contributed by atoms with Crippen molar-refractivity contribution in [3.8, 4) is 17.0 Å². The fourth-order valence-electron chi connectivity index (χ4n) is 4.24. The van der Waals surface area contributed by atoms with Gasteiger partial charge in [-0.15, -0.1) is 0 Å². The minimum Gasteiger partial charge on any atom is -0.497 e. The van der Waals surface area contributed by atoms with Gasteiger partial charge in [-0.25, -0.2) is 4.98 Å². The van der Waals surface area contributed by atoms with Crippen LogP contribution in [0.25, 0.3) is 22.3 Å². The summed E-state index contributed by atoms with van der Waals surface area (Å²) in [5.74, 6) is 0.639. The minimum absolute atomic E-state index is 0.131. The predicted octanol–water partition coefficient (Wildman–Crippen LogP) is 4.15. The van der Waals surface area contributed by atoms with Gasteiger partial charge in [0.2, 0.25) is 0 Å². The van der Waals surface area contributed by atoms with Crippen LogP contribution in [0, 0.1) is 20.8 Å². The second-order valence-corrected chi connectivity index (χ2v) is 8.46. The Labute approximate surface area is 193 Å². The van der Waals surface area contributed by atoms with Gasteiger partial charge >= 0.3 is 0 Å². The fourth-order valence-corrected chi connectivity index (χ4v) is 4.24. The van der Waals surface area contributed by atoms with Crippen molar-refractivity contribution >= 4 is 16.9 Å². The Morgan fingerprint density at radius 2 is 1.85 bits per heavy atom. The second-order valence-electron chi connectivity index (χ2n) is 8.46. The van der Waals surface area contributed by atoms with Crippen molar-refractivity contribution in [3.05, 3.63) is 59.0 Å². The lowest BCUT2D eigenvalue weighted by atomic mass is 10.0. The first-order valence-corrected chi connectivity index (χ1v) is 11.1. The topological polar surface area (TPSA) is 86.9 Å². The Balaban J connectivity index is 1.60. The van der Waals surface area contributed by atoms with Crippen LogP contribution in [-0.4, -0.2) is 44.1 Å². The molecular weight excluding hydrogens is 416 g/mol. The number of carbonyl (C=O) groups is 1. The summed E-state index contributed by atoms with van der Waals surface area (Å²) in [6.07, 6.45) is 0.777. The number of methoxy groups -OCH3 is 1. The molecule has 172 valence electrons. The van der Waals surface area contributed by atoms with Gasteiger partial charge in [0.25, 0.3) is 5.91 Å². The molecule has 0 aliphatic heterocycles. The summed E-state index contributed by atoms with van der Waals surface area (Å²) in [7, 11) is 3.48. The molecule has 4 rings (SSSR count). The number of benzene rings is 1. The van der Waals surface area contributed by atoms with E-state index < -0.39 is 0 Å². The molecule has 3 heterocycles. The number of pyridine rings is 1. The van der Waals surface area contributed by atoms with E-state index in [0.717, 1.165) is 40.2 Å². The number of fused-ring (bicyclic) bond motifs is 1. The number of aryl methyl sites for hydroxylation is 4. The monoisotopic (exact) mass is 446 g/mol. The van der Waals surface area contributed by atoms with Crippen LogP contribution in [0.15, 0.2) is 36.4 Å². The van der Waals surface area contributed by atoms with Gasteiger partial charge in [-0.2, -0.15) is 10.2 Å². The van der Waals surface area contributed by atoms with E-state index in [9.17, 15) is 4.79 Å². The molecule has 0 bridgehead atoms. The van der Waals surface area contributed by atoms with Gasteiger partial charge in [0.1, 0.15) is 5.75 Å². The molecule has 8 heteroatoms. The predicted molar refractivity (Wildman–Crippen MR) is 129 cm³/mol. The highest BCUT2D eigenvalue weighted by atomic mass is 16.5.